The molecule has 2 heteroatoms. The topological polar surface area (TPSA) is 12.9 Å². The quantitative estimate of drug-likeness (QED) is 0.543. The first-order chi connectivity index (χ1) is 5.36. The summed E-state index contributed by atoms with van der Waals surface area (Å²) in [5.74, 6) is 0. The Morgan fingerprint density at radius 1 is 1.27 bits per heavy atom. The monoisotopic (exact) mass is 162 g/mol. The number of pyridine rings is 1. The standard InChI is InChI=1S/C9H5ClN/c10-9-6-5-7-3-1-2-4-8(7)11-9/h1-5H. The van der Waals surface area contributed by atoms with Crippen LogP contribution in [0.25, 0.3) is 10.9 Å². The van der Waals surface area contributed by atoms with Gasteiger partial charge in [0, 0.05) is 11.5 Å². The van der Waals surface area contributed by atoms with Gasteiger partial charge in [-0.15, -0.1) is 0 Å². The summed E-state index contributed by atoms with van der Waals surface area (Å²) < 4.78 is 0. The Hall–Kier alpha value is -1.08. The molecule has 0 aliphatic rings. The summed E-state index contributed by atoms with van der Waals surface area (Å²) >= 11 is 5.65. The summed E-state index contributed by atoms with van der Waals surface area (Å²) in [5, 5.41) is 1.49. The van der Waals surface area contributed by atoms with Crippen molar-refractivity contribution in [2.24, 2.45) is 0 Å². The molecular formula is C9H5ClN. The number of hydrogen-bond acceptors (Lipinski definition) is 1. The molecule has 0 saturated carbocycles. The predicted molar refractivity (Wildman–Crippen MR) is 45.6 cm³/mol. The number of fused-ring (bicyclic) bond motifs is 1. The van der Waals surface area contributed by atoms with Crippen molar-refractivity contribution in [1.29, 1.82) is 0 Å². The van der Waals surface area contributed by atoms with E-state index in [-0.39, 0.29) is 0 Å². The van der Waals surface area contributed by atoms with Crippen LogP contribution in [0.4, 0.5) is 0 Å². The molecule has 1 heterocycles. The van der Waals surface area contributed by atoms with Crippen LogP contribution >= 0.6 is 11.6 Å². The number of benzene rings is 1. The molecule has 0 fully saturated rings. The van der Waals surface area contributed by atoms with E-state index >= 15 is 0 Å². The maximum atomic E-state index is 5.65. The van der Waals surface area contributed by atoms with E-state index in [1.54, 1.807) is 0 Å². The Bertz CT molecular complexity index is 384. The molecule has 0 amide bonds. The average molecular weight is 163 g/mol. The molecule has 0 N–H and O–H groups in total. The van der Waals surface area contributed by atoms with Crippen LogP contribution in [0.1, 0.15) is 0 Å². The fourth-order valence-electron chi connectivity index (χ4n) is 0.987. The molecule has 0 aliphatic heterocycles. The Balaban J connectivity index is 2.83. The Kier molecular flexibility index (Phi) is 1.51. The number of rotatable bonds is 0. The zero-order valence-corrected chi connectivity index (χ0v) is 6.47. The van der Waals surface area contributed by atoms with Crippen molar-refractivity contribution in [3.05, 3.63) is 41.6 Å². The van der Waals surface area contributed by atoms with Gasteiger partial charge in [-0.1, -0.05) is 29.8 Å². The van der Waals surface area contributed by atoms with Gasteiger partial charge in [0.25, 0.3) is 0 Å². The predicted octanol–water partition coefficient (Wildman–Crippen LogP) is 2.69. The van der Waals surface area contributed by atoms with Crippen LogP contribution in [0.3, 0.4) is 0 Å². The second-order valence-electron chi connectivity index (χ2n) is 2.25. The van der Waals surface area contributed by atoms with Crippen LogP contribution in [0, 0.1) is 6.07 Å². The highest BCUT2D eigenvalue weighted by Gasteiger charge is 1.92. The van der Waals surface area contributed by atoms with Gasteiger partial charge in [-0.25, -0.2) is 4.98 Å². The van der Waals surface area contributed by atoms with Gasteiger partial charge in [0.2, 0.25) is 0 Å². The first-order valence-electron chi connectivity index (χ1n) is 3.29. The molecule has 0 unspecified atom stereocenters. The smallest absolute Gasteiger partial charge is 0.137 e. The highest BCUT2D eigenvalue weighted by Crippen LogP contribution is 2.13. The lowest BCUT2D eigenvalue weighted by Gasteiger charge is -1.94. The van der Waals surface area contributed by atoms with E-state index in [2.05, 4.69) is 11.1 Å². The zero-order chi connectivity index (χ0) is 7.68. The molecule has 0 aliphatic carbocycles. The molecule has 0 bridgehead atoms. The van der Waals surface area contributed by atoms with E-state index < -0.39 is 0 Å². The number of nitrogens with zero attached hydrogens (tertiary/aromatic N) is 1. The van der Waals surface area contributed by atoms with Crippen LogP contribution in [0.15, 0.2) is 30.3 Å². The molecule has 2 rings (SSSR count). The maximum absolute atomic E-state index is 5.65. The summed E-state index contributed by atoms with van der Waals surface area (Å²) in [4.78, 5) is 4.09. The Morgan fingerprint density at radius 2 is 2.09 bits per heavy atom. The Labute approximate surface area is 69.6 Å². The third kappa shape index (κ3) is 1.19. The summed E-state index contributed by atoms with van der Waals surface area (Å²) in [6.07, 6.45) is 0. The molecule has 1 aromatic carbocycles. The molecule has 1 nitrogen and oxygen atoms in total. The summed E-state index contributed by atoms with van der Waals surface area (Å²) in [6, 6.07) is 12.5. The maximum Gasteiger partial charge on any atom is 0.137 e. The number of halogens is 1. The van der Waals surface area contributed by atoms with Crippen LogP contribution < -0.4 is 0 Å². The molecule has 53 valence electrons. The van der Waals surface area contributed by atoms with Crippen molar-refractivity contribution >= 4 is 22.5 Å². The molecule has 0 atom stereocenters. The van der Waals surface area contributed by atoms with Crippen molar-refractivity contribution < 1.29 is 0 Å². The van der Waals surface area contributed by atoms with Crippen molar-refractivity contribution in [3.8, 4) is 0 Å². The van der Waals surface area contributed by atoms with Crippen molar-refractivity contribution in [2.45, 2.75) is 0 Å². The van der Waals surface area contributed by atoms with Crippen molar-refractivity contribution in [3.63, 3.8) is 0 Å². The molecule has 2 aromatic rings. The average Bonchev–Trinajstić information content (AvgIpc) is 2.04. The number of aromatic nitrogens is 1. The van der Waals surface area contributed by atoms with E-state index in [9.17, 15) is 0 Å². The van der Waals surface area contributed by atoms with E-state index in [0.717, 1.165) is 10.9 Å². The fraction of sp³-hybridized carbons (Fsp3) is 0. The molecule has 0 spiro atoms. The SMILES string of the molecule is Clc1[c]cc2ccccc2n1. The molecule has 11 heavy (non-hydrogen) atoms. The van der Waals surface area contributed by atoms with Gasteiger partial charge in [0.05, 0.1) is 5.52 Å². The van der Waals surface area contributed by atoms with Crippen LogP contribution in [-0.4, -0.2) is 4.98 Å². The summed E-state index contributed by atoms with van der Waals surface area (Å²) in [5.41, 5.74) is 0.913. The first kappa shape index (κ1) is 6.62. The zero-order valence-electron chi connectivity index (χ0n) is 5.71. The number of hydrogen-bond donors (Lipinski definition) is 0. The van der Waals surface area contributed by atoms with E-state index in [0.29, 0.717) is 5.15 Å². The largest absolute Gasteiger partial charge is 0.235 e. The van der Waals surface area contributed by atoms with E-state index in [1.165, 1.54) is 0 Å². The van der Waals surface area contributed by atoms with E-state index in [1.807, 2.05) is 30.3 Å². The third-order valence-electron chi connectivity index (χ3n) is 1.50. The fourth-order valence-corrected chi connectivity index (χ4v) is 1.13. The van der Waals surface area contributed by atoms with Crippen molar-refractivity contribution in [2.75, 3.05) is 0 Å². The normalized spacial score (nSPS) is 10.3. The van der Waals surface area contributed by atoms with Gasteiger partial charge in [-0.3, -0.25) is 0 Å². The third-order valence-corrected chi connectivity index (χ3v) is 1.70. The minimum absolute atomic E-state index is 0.420. The lowest BCUT2D eigenvalue weighted by Crippen LogP contribution is -1.77. The minimum Gasteiger partial charge on any atom is -0.235 e. The summed E-state index contributed by atoms with van der Waals surface area (Å²) in [7, 11) is 0. The van der Waals surface area contributed by atoms with E-state index in [4.69, 9.17) is 11.6 Å². The molecular weight excluding hydrogens is 158 g/mol. The van der Waals surface area contributed by atoms with Crippen molar-refractivity contribution in [1.82, 2.24) is 4.98 Å². The highest BCUT2D eigenvalue weighted by atomic mass is 35.5. The van der Waals surface area contributed by atoms with Gasteiger partial charge in [0.1, 0.15) is 5.15 Å². The number of para-hydroxylation sites is 1. The van der Waals surface area contributed by atoms with Gasteiger partial charge >= 0.3 is 0 Å². The Morgan fingerprint density at radius 3 is 3.00 bits per heavy atom. The van der Waals surface area contributed by atoms with Gasteiger partial charge in [-0.05, 0) is 12.1 Å². The van der Waals surface area contributed by atoms with Gasteiger partial charge in [-0.2, -0.15) is 0 Å². The van der Waals surface area contributed by atoms with Crippen LogP contribution in [0.2, 0.25) is 5.15 Å². The molecule has 1 aromatic heterocycles. The van der Waals surface area contributed by atoms with Crippen LogP contribution in [0.5, 0.6) is 0 Å². The second kappa shape index (κ2) is 2.51. The minimum atomic E-state index is 0.420. The highest BCUT2D eigenvalue weighted by molar-refractivity contribution is 6.29. The van der Waals surface area contributed by atoms with Crippen LogP contribution in [-0.2, 0) is 0 Å². The summed E-state index contributed by atoms with van der Waals surface area (Å²) in [6.45, 7) is 0. The molecule has 0 saturated heterocycles. The lowest BCUT2D eigenvalue weighted by atomic mass is 10.2. The lowest BCUT2D eigenvalue weighted by molar-refractivity contribution is 1.40. The van der Waals surface area contributed by atoms with Gasteiger partial charge in [0.15, 0.2) is 0 Å². The van der Waals surface area contributed by atoms with Gasteiger partial charge < -0.3 is 0 Å². The first-order valence-corrected chi connectivity index (χ1v) is 3.67. The molecule has 1 radical (unpaired) electrons. The second-order valence-corrected chi connectivity index (χ2v) is 2.61.